The predicted molar refractivity (Wildman–Crippen MR) is 109 cm³/mol. The maximum absolute atomic E-state index is 13.1. The van der Waals surface area contributed by atoms with Crippen LogP contribution in [0.25, 0.3) is 0 Å². The van der Waals surface area contributed by atoms with E-state index < -0.39 is 10.0 Å². The fraction of sp³-hybridized carbons (Fsp3) is 0.667. The van der Waals surface area contributed by atoms with Gasteiger partial charge in [0.1, 0.15) is 0 Å². The van der Waals surface area contributed by atoms with E-state index in [0.29, 0.717) is 37.1 Å². The molecular weight excluding hydrogens is 374 g/mol. The normalized spacial score (nSPS) is 22.9. The van der Waals surface area contributed by atoms with Gasteiger partial charge in [0.25, 0.3) is 0 Å². The quantitative estimate of drug-likeness (QED) is 0.813. The van der Waals surface area contributed by atoms with Crippen LogP contribution in [-0.2, 0) is 27.7 Å². The van der Waals surface area contributed by atoms with Crippen LogP contribution >= 0.6 is 0 Å². The van der Waals surface area contributed by atoms with E-state index in [0.717, 1.165) is 32.1 Å². The second kappa shape index (κ2) is 8.13. The van der Waals surface area contributed by atoms with Crippen molar-refractivity contribution < 1.29 is 13.2 Å². The first-order valence-electron chi connectivity index (χ1n) is 10.6. The summed E-state index contributed by atoms with van der Waals surface area (Å²) >= 11 is 0. The molecule has 4 rings (SSSR count). The van der Waals surface area contributed by atoms with Gasteiger partial charge in [0.05, 0.1) is 10.9 Å². The van der Waals surface area contributed by atoms with E-state index in [9.17, 15) is 13.2 Å². The van der Waals surface area contributed by atoms with Crippen LogP contribution < -0.4 is 5.32 Å². The monoisotopic (exact) mass is 405 g/mol. The van der Waals surface area contributed by atoms with Gasteiger partial charge in [-0.3, -0.25) is 9.69 Å². The van der Waals surface area contributed by atoms with Crippen molar-refractivity contribution in [1.82, 2.24) is 14.5 Å². The molecule has 0 bridgehead atoms. The summed E-state index contributed by atoms with van der Waals surface area (Å²) in [6.45, 7) is 3.96. The van der Waals surface area contributed by atoms with E-state index in [2.05, 4.69) is 10.2 Å². The molecule has 1 aliphatic heterocycles. The summed E-state index contributed by atoms with van der Waals surface area (Å²) in [6.07, 6.45) is 7.67. The Hall–Kier alpha value is -1.44. The van der Waals surface area contributed by atoms with Gasteiger partial charge < -0.3 is 5.32 Å². The molecule has 1 saturated heterocycles. The molecule has 0 aromatic heterocycles. The van der Waals surface area contributed by atoms with Crippen molar-refractivity contribution in [2.75, 3.05) is 26.2 Å². The number of nitrogens with zero attached hydrogens (tertiary/aromatic N) is 2. The molecule has 6 nitrogen and oxygen atoms in total. The first-order chi connectivity index (χ1) is 13.4. The van der Waals surface area contributed by atoms with E-state index in [1.54, 1.807) is 10.4 Å². The highest BCUT2D eigenvalue weighted by Gasteiger charge is 2.33. The molecule has 1 aromatic carbocycles. The number of carbonyl (C=O) groups excluding carboxylic acids is 1. The number of benzene rings is 1. The molecule has 0 radical (unpaired) electrons. The van der Waals surface area contributed by atoms with E-state index in [4.69, 9.17) is 0 Å². The zero-order valence-corrected chi connectivity index (χ0v) is 17.5. The van der Waals surface area contributed by atoms with Gasteiger partial charge in [-0.25, -0.2) is 8.42 Å². The van der Waals surface area contributed by atoms with Crippen molar-refractivity contribution in [2.24, 2.45) is 0 Å². The first-order valence-corrected chi connectivity index (χ1v) is 12.1. The smallest absolute Gasteiger partial charge is 0.243 e. The molecule has 1 aromatic rings. The number of amides is 1. The highest BCUT2D eigenvalue weighted by atomic mass is 32.2. The van der Waals surface area contributed by atoms with E-state index in [1.165, 1.54) is 24.0 Å². The highest BCUT2D eigenvalue weighted by molar-refractivity contribution is 7.89. The van der Waals surface area contributed by atoms with Crippen molar-refractivity contribution in [3.63, 3.8) is 0 Å². The molecule has 7 heteroatoms. The number of aryl methyl sites for hydroxylation is 2. The Bertz CT molecular complexity index is 825. The third-order valence-electron chi connectivity index (χ3n) is 6.61. The Kier molecular flexibility index (Phi) is 5.76. The van der Waals surface area contributed by atoms with E-state index >= 15 is 0 Å². The number of rotatable bonds is 5. The highest BCUT2D eigenvalue weighted by Crippen LogP contribution is 2.27. The Balaban J connectivity index is 1.36. The third-order valence-corrected chi connectivity index (χ3v) is 8.50. The Morgan fingerprint density at radius 1 is 1.04 bits per heavy atom. The van der Waals surface area contributed by atoms with Crippen molar-refractivity contribution in [3.05, 3.63) is 29.3 Å². The maximum atomic E-state index is 13.1. The average Bonchev–Trinajstić information content (AvgIpc) is 3.38. The third kappa shape index (κ3) is 3.98. The fourth-order valence-electron chi connectivity index (χ4n) is 4.75. The van der Waals surface area contributed by atoms with Gasteiger partial charge in [0, 0.05) is 32.2 Å². The largest absolute Gasteiger partial charge is 0.352 e. The number of piperazine rings is 1. The number of sulfonamides is 1. The van der Waals surface area contributed by atoms with Gasteiger partial charge >= 0.3 is 0 Å². The first kappa shape index (κ1) is 19.9. The number of carbonyl (C=O) groups is 1. The summed E-state index contributed by atoms with van der Waals surface area (Å²) < 4.78 is 27.7. The summed E-state index contributed by atoms with van der Waals surface area (Å²) in [5, 5.41) is 3.15. The standard InChI is InChI=1S/C21H31N3O3S/c1-16(21(25)22-19-7-2-3-8-19)23-11-13-24(14-12-23)28(26,27)20-10-9-17-5-4-6-18(17)15-20/h9-10,15-16,19H,2-8,11-14H2,1H3,(H,22,25)/t16-/m0/s1. The summed E-state index contributed by atoms with van der Waals surface area (Å²) in [7, 11) is -3.47. The summed E-state index contributed by atoms with van der Waals surface area (Å²) in [4.78, 5) is 15.0. The Labute approximate surface area is 168 Å². The molecule has 1 atom stereocenters. The lowest BCUT2D eigenvalue weighted by Crippen LogP contribution is -2.55. The molecule has 0 spiro atoms. The Morgan fingerprint density at radius 2 is 1.71 bits per heavy atom. The molecule has 1 amide bonds. The topological polar surface area (TPSA) is 69.7 Å². The lowest BCUT2D eigenvalue weighted by Gasteiger charge is -2.37. The summed E-state index contributed by atoms with van der Waals surface area (Å²) in [5.41, 5.74) is 2.46. The van der Waals surface area contributed by atoms with Crippen LogP contribution in [0.3, 0.4) is 0 Å². The van der Waals surface area contributed by atoms with Crippen LogP contribution in [0.4, 0.5) is 0 Å². The lowest BCUT2D eigenvalue weighted by atomic mass is 10.1. The minimum atomic E-state index is -3.47. The molecule has 154 valence electrons. The number of hydrogen-bond acceptors (Lipinski definition) is 4. The molecule has 1 N–H and O–H groups in total. The van der Waals surface area contributed by atoms with Gasteiger partial charge in [0.15, 0.2) is 0 Å². The van der Waals surface area contributed by atoms with Crippen molar-refractivity contribution in [2.45, 2.75) is 68.8 Å². The molecule has 1 saturated carbocycles. The fourth-order valence-corrected chi connectivity index (χ4v) is 6.22. The SMILES string of the molecule is C[C@@H](C(=O)NC1CCCC1)N1CCN(S(=O)(=O)c2ccc3c(c2)CCC3)CC1. The van der Waals surface area contributed by atoms with Crippen LogP contribution in [0.15, 0.2) is 23.1 Å². The zero-order chi connectivity index (χ0) is 19.7. The van der Waals surface area contributed by atoms with Crippen LogP contribution in [0.2, 0.25) is 0 Å². The minimum absolute atomic E-state index is 0.0711. The average molecular weight is 406 g/mol. The van der Waals surface area contributed by atoms with Crippen molar-refractivity contribution in [1.29, 1.82) is 0 Å². The maximum Gasteiger partial charge on any atom is 0.243 e. The summed E-state index contributed by atoms with van der Waals surface area (Å²) in [5.74, 6) is 0.0711. The number of hydrogen-bond donors (Lipinski definition) is 1. The second-order valence-corrected chi connectivity index (χ2v) is 10.3. The van der Waals surface area contributed by atoms with Gasteiger partial charge in [-0.2, -0.15) is 4.31 Å². The summed E-state index contributed by atoms with van der Waals surface area (Å²) in [6, 6.07) is 5.69. The van der Waals surface area contributed by atoms with Crippen LogP contribution in [0.5, 0.6) is 0 Å². The van der Waals surface area contributed by atoms with Crippen LogP contribution in [-0.4, -0.2) is 61.8 Å². The zero-order valence-electron chi connectivity index (χ0n) is 16.7. The predicted octanol–water partition coefficient (Wildman–Crippen LogP) is 1.93. The lowest BCUT2D eigenvalue weighted by molar-refractivity contribution is -0.127. The minimum Gasteiger partial charge on any atom is -0.352 e. The van der Waals surface area contributed by atoms with Crippen LogP contribution in [0.1, 0.15) is 50.2 Å². The molecular formula is C21H31N3O3S. The van der Waals surface area contributed by atoms with E-state index in [-0.39, 0.29) is 11.9 Å². The molecule has 2 fully saturated rings. The van der Waals surface area contributed by atoms with Crippen molar-refractivity contribution >= 4 is 15.9 Å². The van der Waals surface area contributed by atoms with Crippen molar-refractivity contribution in [3.8, 4) is 0 Å². The molecule has 2 aliphatic carbocycles. The number of nitrogens with one attached hydrogen (secondary N) is 1. The molecule has 28 heavy (non-hydrogen) atoms. The second-order valence-electron chi connectivity index (χ2n) is 8.39. The number of fused-ring (bicyclic) bond motifs is 1. The molecule has 1 heterocycles. The van der Waals surface area contributed by atoms with Gasteiger partial charge in [-0.05, 0) is 62.3 Å². The molecule has 0 unspecified atom stereocenters. The van der Waals surface area contributed by atoms with Gasteiger partial charge in [-0.15, -0.1) is 0 Å². The van der Waals surface area contributed by atoms with Crippen LogP contribution in [0, 0.1) is 0 Å². The van der Waals surface area contributed by atoms with Gasteiger partial charge in [0.2, 0.25) is 15.9 Å². The van der Waals surface area contributed by atoms with E-state index in [1.807, 2.05) is 19.1 Å². The van der Waals surface area contributed by atoms with Gasteiger partial charge in [-0.1, -0.05) is 18.9 Å². The molecule has 3 aliphatic rings. The Morgan fingerprint density at radius 3 is 2.43 bits per heavy atom.